The third kappa shape index (κ3) is 4.94. The van der Waals surface area contributed by atoms with Crippen molar-refractivity contribution < 1.29 is 17.9 Å². The predicted molar refractivity (Wildman–Crippen MR) is 116 cm³/mol. The highest BCUT2D eigenvalue weighted by atomic mass is 32.2. The van der Waals surface area contributed by atoms with Gasteiger partial charge in [0.25, 0.3) is 5.91 Å². The summed E-state index contributed by atoms with van der Waals surface area (Å²) in [6.07, 6.45) is 3.39. The van der Waals surface area contributed by atoms with Gasteiger partial charge in [-0.15, -0.1) is 0 Å². The smallest absolute Gasteiger partial charge is 0.257 e. The van der Waals surface area contributed by atoms with E-state index in [0.717, 1.165) is 19.4 Å². The average molecular weight is 445 g/mol. The minimum absolute atomic E-state index is 0.0321. The first-order valence-electron chi connectivity index (χ1n) is 10.7. The van der Waals surface area contributed by atoms with Gasteiger partial charge in [-0.25, -0.2) is 18.4 Å². The van der Waals surface area contributed by atoms with Crippen molar-refractivity contribution in [3.05, 3.63) is 53.6 Å². The van der Waals surface area contributed by atoms with Gasteiger partial charge in [-0.1, -0.05) is 18.2 Å². The minimum Gasteiger partial charge on any atom is -0.378 e. The third-order valence-electron chi connectivity index (χ3n) is 5.90. The van der Waals surface area contributed by atoms with Crippen LogP contribution in [0, 0.1) is 6.92 Å². The summed E-state index contributed by atoms with van der Waals surface area (Å²) in [7, 11) is -3.37. The van der Waals surface area contributed by atoms with Crippen LogP contribution in [0.2, 0.25) is 0 Å². The molecular formula is C22H28N4O4S. The highest BCUT2D eigenvalue weighted by molar-refractivity contribution is 7.91. The summed E-state index contributed by atoms with van der Waals surface area (Å²) in [5.41, 5.74) is 1.22. The Morgan fingerprint density at radius 1 is 1.16 bits per heavy atom. The summed E-state index contributed by atoms with van der Waals surface area (Å²) in [6.45, 7) is 5.15. The second-order valence-electron chi connectivity index (χ2n) is 7.95. The van der Waals surface area contributed by atoms with Crippen LogP contribution in [-0.2, 0) is 14.6 Å². The van der Waals surface area contributed by atoms with Gasteiger partial charge in [-0.05, 0) is 38.4 Å². The number of benzene rings is 1. The van der Waals surface area contributed by atoms with E-state index < -0.39 is 9.84 Å². The van der Waals surface area contributed by atoms with E-state index in [1.54, 1.807) is 41.4 Å². The molecule has 2 aliphatic heterocycles. The lowest BCUT2D eigenvalue weighted by Gasteiger charge is -2.29. The molecule has 0 N–H and O–H groups in total. The maximum Gasteiger partial charge on any atom is 0.257 e. The normalized spacial score (nSPS) is 20.2. The van der Waals surface area contributed by atoms with Crippen LogP contribution in [0.25, 0.3) is 0 Å². The molecule has 2 aliphatic rings. The molecule has 1 aromatic heterocycles. The summed E-state index contributed by atoms with van der Waals surface area (Å²) in [4.78, 5) is 26.3. The lowest BCUT2D eigenvalue weighted by atomic mass is 10.0. The average Bonchev–Trinajstić information content (AvgIpc) is 3.27. The fourth-order valence-electron chi connectivity index (χ4n) is 4.23. The zero-order valence-corrected chi connectivity index (χ0v) is 18.6. The van der Waals surface area contributed by atoms with Crippen LogP contribution in [0.15, 0.2) is 41.4 Å². The van der Waals surface area contributed by atoms with Gasteiger partial charge in [0, 0.05) is 25.8 Å². The first-order chi connectivity index (χ1) is 15.0. The third-order valence-corrected chi connectivity index (χ3v) is 7.61. The van der Waals surface area contributed by atoms with Crippen LogP contribution >= 0.6 is 0 Å². The van der Waals surface area contributed by atoms with E-state index in [1.807, 2.05) is 6.92 Å². The van der Waals surface area contributed by atoms with Crippen LogP contribution in [0.4, 0.5) is 0 Å². The van der Waals surface area contributed by atoms with E-state index >= 15 is 0 Å². The van der Waals surface area contributed by atoms with Crippen LogP contribution in [0.3, 0.4) is 0 Å². The Bertz CT molecular complexity index is 1020. The highest BCUT2D eigenvalue weighted by Gasteiger charge is 2.33. The number of aromatic nitrogens is 2. The first kappa shape index (κ1) is 21.9. The summed E-state index contributed by atoms with van der Waals surface area (Å²) in [5, 5.41) is 0. The predicted octanol–water partition coefficient (Wildman–Crippen LogP) is 1.87. The maximum atomic E-state index is 13.2. The topological polar surface area (TPSA) is 92.7 Å². The molecule has 4 rings (SSSR count). The number of amides is 1. The van der Waals surface area contributed by atoms with Crippen LogP contribution in [0.1, 0.15) is 40.8 Å². The zero-order valence-electron chi connectivity index (χ0n) is 17.7. The molecule has 0 spiro atoms. The second kappa shape index (κ2) is 9.42. The summed E-state index contributed by atoms with van der Waals surface area (Å²) in [5.74, 6) is 0.559. The molecule has 0 saturated carbocycles. The number of aryl methyl sites for hydroxylation is 1. The van der Waals surface area contributed by atoms with Crippen molar-refractivity contribution in [1.29, 1.82) is 0 Å². The molecule has 2 aromatic rings. The molecule has 0 bridgehead atoms. The molecule has 31 heavy (non-hydrogen) atoms. The van der Waals surface area contributed by atoms with Gasteiger partial charge in [0.15, 0.2) is 9.84 Å². The number of carbonyl (C=O) groups is 1. The number of rotatable bonds is 6. The number of likely N-dealkylation sites (tertiary alicyclic amines) is 1. The molecule has 2 fully saturated rings. The number of carbonyl (C=O) groups excluding carboxylic acids is 1. The molecule has 0 aliphatic carbocycles. The van der Waals surface area contributed by atoms with Gasteiger partial charge in [-0.3, -0.25) is 9.69 Å². The summed E-state index contributed by atoms with van der Waals surface area (Å²) < 4.78 is 30.8. The van der Waals surface area contributed by atoms with E-state index in [2.05, 4.69) is 14.9 Å². The Kier molecular flexibility index (Phi) is 6.64. The Morgan fingerprint density at radius 3 is 2.65 bits per heavy atom. The maximum absolute atomic E-state index is 13.2. The Balaban J connectivity index is 1.54. The minimum atomic E-state index is -3.37. The Morgan fingerprint density at radius 2 is 1.90 bits per heavy atom. The fraction of sp³-hybridized carbons (Fsp3) is 0.500. The summed E-state index contributed by atoms with van der Waals surface area (Å²) >= 11 is 0. The van der Waals surface area contributed by atoms with E-state index in [-0.39, 0.29) is 17.7 Å². The molecule has 2 saturated heterocycles. The van der Waals surface area contributed by atoms with Crippen molar-refractivity contribution in [2.24, 2.45) is 0 Å². The number of morpholine rings is 1. The first-order valence-corrected chi connectivity index (χ1v) is 12.3. The number of hydrogen-bond acceptors (Lipinski definition) is 7. The van der Waals surface area contributed by atoms with Gasteiger partial charge in [0.1, 0.15) is 5.82 Å². The van der Waals surface area contributed by atoms with Gasteiger partial charge in [0.2, 0.25) is 0 Å². The number of sulfone groups is 1. The molecule has 1 aromatic carbocycles. The van der Waals surface area contributed by atoms with Crippen molar-refractivity contribution in [1.82, 2.24) is 19.8 Å². The van der Waals surface area contributed by atoms with Crippen LogP contribution in [0.5, 0.6) is 0 Å². The molecule has 166 valence electrons. The molecule has 8 nitrogen and oxygen atoms in total. The SMILES string of the molecule is Cc1ncc(C(=O)N2CCOCC2)c(C2CCCN2CCS(=O)(=O)c2ccccc2)n1. The molecule has 1 amide bonds. The summed E-state index contributed by atoms with van der Waals surface area (Å²) in [6, 6.07) is 8.44. The molecule has 0 radical (unpaired) electrons. The molecule has 1 unspecified atom stereocenters. The number of nitrogens with zero attached hydrogens (tertiary/aromatic N) is 4. The number of ether oxygens (including phenoxy) is 1. The van der Waals surface area contributed by atoms with Crippen molar-refractivity contribution in [3.8, 4) is 0 Å². The quantitative estimate of drug-likeness (QED) is 0.671. The lowest BCUT2D eigenvalue weighted by Crippen LogP contribution is -2.41. The Hall–Kier alpha value is -2.36. The molecule has 1 atom stereocenters. The largest absolute Gasteiger partial charge is 0.378 e. The van der Waals surface area contributed by atoms with Crippen molar-refractivity contribution in [2.45, 2.75) is 30.7 Å². The van der Waals surface area contributed by atoms with Gasteiger partial charge < -0.3 is 9.64 Å². The van der Waals surface area contributed by atoms with E-state index in [9.17, 15) is 13.2 Å². The van der Waals surface area contributed by atoms with Crippen molar-refractivity contribution >= 4 is 15.7 Å². The van der Waals surface area contributed by atoms with Gasteiger partial charge in [0.05, 0.1) is 41.2 Å². The molecular weight excluding hydrogens is 416 g/mol. The monoisotopic (exact) mass is 444 g/mol. The number of hydrogen-bond donors (Lipinski definition) is 0. The van der Waals surface area contributed by atoms with E-state index in [1.165, 1.54) is 0 Å². The molecule has 3 heterocycles. The van der Waals surface area contributed by atoms with E-state index in [0.29, 0.717) is 54.8 Å². The Labute approximate surface area is 183 Å². The van der Waals surface area contributed by atoms with Gasteiger partial charge >= 0.3 is 0 Å². The lowest BCUT2D eigenvalue weighted by molar-refractivity contribution is 0.0300. The van der Waals surface area contributed by atoms with Crippen molar-refractivity contribution in [3.63, 3.8) is 0 Å². The molecule has 9 heteroatoms. The van der Waals surface area contributed by atoms with Crippen LogP contribution < -0.4 is 0 Å². The van der Waals surface area contributed by atoms with Crippen molar-refractivity contribution in [2.75, 3.05) is 45.1 Å². The highest BCUT2D eigenvalue weighted by Crippen LogP contribution is 2.33. The second-order valence-corrected chi connectivity index (χ2v) is 10.1. The standard InChI is InChI=1S/C22H28N4O4S/c1-17-23-16-19(22(27)26-10-13-30-14-11-26)21(24-17)20-8-5-9-25(20)12-15-31(28,29)18-6-3-2-4-7-18/h2-4,6-7,16,20H,5,8-15H2,1H3. The van der Waals surface area contributed by atoms with Crippen LogP contribution in [-0.4, -0.2) is 79.2 Å². The van der Waals surface area contributed by atoms with Gasteiger partial charge in [-0.2, -0.15) is 0 Å². The fourth-order valence-corrected chi connectivity index (χ4v) is 5.51. The van der Waals surface area contributed by atoms with E-state index in [4.69, 9.17) is 4.74 Å². The zero-order chi connectivity index (χ0) is 21.8.